The van der Waals surface area contributed by atoms with Gasteiger partial charge in [0.05, 0.1) is 24.1 Å². The van der Waals surface area contributed by atoms with Gasteiger partial charge in [-0.3, -0.25) is 0 Å². The van der Waals surface area contributed by atoms with Gasteiger partial charge in [-0.1, -0.05) is 0 Å². The van der Waals surface area contributed by atoms with Gasteiger partial charge in [-0.2, -0.15) is 0 Å². The first kappa shape index (κ1) is 10.2. The van der Waals surface area contributed by atoms with Crippen LogP contribution in [0.5, 0.6) is 0 Å². The Bertz CT molecular complexity index is 360. The van der Waals surface area contributed by atoms with Crippen molar-refractivity contribution in [3.8, 4) is 0 Å². The highest BCUT2D eigenvalue weighted by Gasteiger charge is 2.30. The number of β-amino-alcohol motifs (C(OH)–C–C–N with tert-alkyl or cyclic N) is 2. The fraction of sp³-hybridized carbons (Fsp3) is 0.500. The van der Waals surface area contributed by atoms with E-state index in [1.807, 2.05) is 17.9 Å². The SMILES string of the molecule is Cc1cc(N2CC(O)C(O)C2)ncc1N. The lowest BCUT2D eigenvalue weighted by atomic mass is 10.2. The number of pyridine rings is 1. The summed E-state index contributed by atoms with van der Waals surface area (Å²) in [5.74, 6) is 0.748. The molecule has 1 aliphatic rings. The van der Waals surface area contributed by atoms with Gasteiger partial charge in [0, 0.05) is 13.1 Å². The van der Waals surface area contributed by atoms with Crippen LogP contribution in [0, 0.1) is 6.92 Å². The summed E-state index contributed by atoms with van der Waals surface area (Å²) in [6.07, 6.45) is 0.219. The Labute approximate surface area is 88.2 Å². The molecule has 82 valence electrons. The molecule has 1 saturated heterocycles. The molecule has 2 atom stereocenters. The number of nitrogen functional groups attached to an aromatic ring is 1. The molecule has 0 spiro atoms. The van der Waals surface area contributed by atoms with Crippen molar-refractivity contribution in [1.82, 2.24) is 4.98 Å². The molecule has 2 heterocycles. The molecule has 5 heteroatoms. The first-order valence-electron chi connectivity index (χ1n) is 4.91. The minimum atomic E-state index is -0.690. The zero-order valence-electron chi connectivity index (χ0n) is 8.59. The van der Waals surface area contributed by atoms with Crippen molar-refractivity contribution in [3.63, 3.8) is 0 Å². The van der Waals surface area contributed by atoms with Crippen LogP contribution in [-0.4, -0.2) is 40.5 Å². The molecule has 0 aliphatic carbocycles. The van der Waals surface area contributed by atoms with Crippen molar-refractivity contribution in [3.05, 3.63) is 17.8 Å². The number of nitrogens with zero attached hydrogens (tertiary/aromatic N) is 2. The van der Waals surface area contributed by atoms with Gasteiger partial charge in [-0.25, -0.2) is 4.98 Å². The zero-order valence-corrected chi connectivity index (χ0v) is 8.59. The summed E-state index contributed by atoms with van der Waals surface area (Å²) in [6.45, 7) is 2.73. The van der Waals surface area contributed by atoms with Crippen LogP contribution in [0.25, 0.3) is 0 Å². The Balaban J connectivity index is 2.20. The Hall–Kier alpha value is -1.33. The molecule has 2 rings (SSSR count). The molecule has 0 radical (unpaired) electrons. The maximum absolute atomic E-state index is 9.41. The van der Waals surface area contributed by atoms with Crippen LogP contribution in [0.1, 0.15) is 5.56 Å². The number of anilines is 2. The molecule has 1 aromatic heterocycles. The summed E-state index contributed by atoms with van der Waals surface area (Å²) in [6, 6.07) is 1.86. The van der Waals surface area contributed by atoms with E-state index >= 15 is 0 Å². The average molecular weight is 209 g/mol. The highest BCUT2D eigenvalue weighted by molar-refractivity contribution is 5.52. The third-order valence-corrected chi connectivity index (χ3v) is 2.72. The summed E-state index contributed by atoms with van der Waals surface area (Å²) in [5, 5.41) is 18.8. The summed E-state index contributed by atoms with van der Waals surface area (Å²) >= 11 is 0. The fourth-order valence-corrected chi connectivity index (χ4v) is 1.68. The number of rotatable bonds is 1. The number of hydrogen-bond acceptors (Lipinski definition) is 5. The topological polar surface area (TPSA) is 82.6 Å². The minimum Gasteiger partial charge on any atom is -0.397 e. The first-order chi connectivity index (χ1) is 7.08. The predicted octanol–water partition coefficient (Wildman–Crippen LogP) is -0.486. The molecule has 1 aliphatic heterocycles. The lowest BCUT2D eigenvalue weighted by molar-refractivity contribution is 0.0572. The third kappa shape index (κ3) is 1.88. The molecule has 5 nitrogen and oxygen atoms in total. The Morgan fingerprint density at radius 1 is 1.40 bits per heavy atom. The lowest BCUT2D eigenvalue weighted by Crippen LogP contribution is -2.22. The summed E-state index contributed by atoms with van der Waals surface area (Å²) in [4.78, 5) is 6.02. The third-order valence-electron chi connectivity index (χ3n) is 2.72. The summed E-state index contributed by atoms with van der Waals surface area (Å²) in [7, 11) is 0. The van der Waals surface area contributed by atoms with Crippen LogP contribution in [0.15, 0.2) is 12.3 Å². The van der Waals surface area contributed by atoms with E-state index in [4.69, 9.17) is 5.73 Å². The van der Waals surface area contributed by atoms with Crippen molar-refractivity contribution in [2.45, 2.75) is 19.1 Å². The number of aliphatic hydroxyl groups excluding tert-OH is 2. The molecule has 4 N–H and O–H groups in total. The molecule has 0 saturated carbocycles. The fourth-order valence-electron chi connectivity index (χ4n) is 1.68. The number of aliphatic hydroxyl groups is 2. The quantitative estimate of drug-likeness (QED) is 0.581. The van der Waals surface area contributed by atoms with E-state index in [1.54, 1.807) is 6.20 Å². The molecular formula is C10H15N3O2. The van der Waals surface area contributed by atoms with E-state index in [0.717, 1.165) is 11.4 Å². The minimum absolute atomic E-state index is 0.414. The van der Waals surface area contributed by atoms with Crippen molar-refractivity contribution < 1.29 is 10.2 Å². The number of nitrogens with two attached hydrogens (primary N) is 1. The van der Waals surface area contributed by atoms with Gasteiger partial charge >= 0.3 is 0 Å². The second-order valence-electron chi connectivity index (χ2n) is 3.94. The van der Waals surface area contributed by atoms with Crippen molar-refractivity contribution in [2.24, 2.45) is 0 Å². The second-order valence-corrected chi connectivity index (χ2v) is 3.94. The van der Waals surface area contributed by atoms with Crippen molar-refractivity contribution >= 4 is 11.5 Å². The Morgan fingerprint density at radius 2 is 2.00 bits per heavy atom. The molecule has 0 bridgehead atoms. The van der Waals surface area contributed by atoms with Crippen LogP contribution in [0.3, 0.4) is 0 Å². The van der Waals surface area contributed by atoms with Crippen molar-refractivity contribution in [2.75, 3.05) is 23.7 Å². The normalized spacial score (nSPS) is 25.9. The molecule has 15 heavy (non-hydrogen) atoms. The van der Waals surface area contributed by atoms with Crippen molar-refractivity contribution in [1.29, 1.82) is 0 Å². The van der Waals surface area contributed by atoms with Gasteiger partial charge < -0.3 is 20.8 Å². The highest BCUT2D eigenvalue weighted by atomic mass is 16.3. The van der Waals surface area contributed by atoms with Gasteiger partial charge in [0.15, 0.2) is 0 Å². The maximum Gasteiger partial charge on any atom is 0.129 e. The predicted molar refractivity (Wildman–Crippen MR) is 57.6 cm³/mol. The monoisotopic (exact) mass is 209 g/mol. The van der Waals surface area contributed by atoms with Crippen LogP contribution in [0.4, 0.5) is 11.5 Å². The number of aryl methyl sites for hydroxylation is 1. The van der Waals surface area contributed by atoms with Crippen LogP contribution >= 0.6 is 0 Å². The maximum atomic E-state index is 9.41. The number of hydrogen-bond donors (Lipinski definition) is 3. The summed E-state index contributed by atoms with van der Waals surface area (Å²) < 4.78 is 0. The molecule has 1 aromatic rings. The Morgan fingerprint density at radius 3 is 2.53 bits per heavy atom. The average Bonchev–Trinajstić information content (AvgIpc) is 2.52. The molecule has 1 fully saturated rings. The largest absolute Gasteiger partial charge is 0.397 e. The second kappa shape index (κ2) is 3.67. The van der Waals surface area contributed by atoms with Gasteiger partial charge in [-0.05, 0) is 18.6 Å². The van der Waals surface area contributed by atoms with Crippen LogP contribution in [0.2, 0.25) is 0 Å². The van der Waals surface area contributed by atoms with Crippen LogP contribution < -0.4 is 10.6 Å². The van der Waals surface area contributed by atoms with E-state index in [-0.39, 0.29) is 0 Å². The summed E-state index contributed by atoms with van der Waals surface area (Å²) in [5.41, 5.74) is 7.27. The molecular weight excluding hydrogens is 194 g/mol. The van der Waals surface area contributed by atoms with E-state index in [1.165, 1.54) is 0 Å². The smallest absolute Gasteiger partial charge is 0.129 e. The van der Waals surface area contributed by atoms with Gasteiger partial charge in [0.1, 0.15) is 5.82 Å². The van der Waals surface area contributed by atoms with Crippen LogP contribution in [-0.2, 0) is 0 Å². The van der Waals surface area contributed by atoms with E-state index in [0.29, 0.717) is 18.8 Å². The van der Waals surface area contributed by atoms with Gasteiger partial charge in [0.2, 0.25) is 0 Å². The number of aromatic nitrogens is 1. The van der Waals surface area contributed by atoms with E-state index < -0.39 is 12.2 Å². The molecule has 0 amide bonds. The zero-order chi connectivity index (χ0) is 11.0. The van der Waals surface area contributed by atoms with Gasteiger partial charge in [0.25, 0.3) is 0 Å². The van der Waals surface area contributed by atoms with Gasteiger partial charge in [-0.15, -0.1) is 0 Å². The molecule has 0 aromatic carbocycles. The highest BCUT2D eigenvalue weighted by Crippen LogP contribution is 2.21. The lowest BCUT2D eigenvalue weighted by Gasteiger charge is -2.17. The Kier molecular flexibility index (Phi) is 2.50. The molecule has 2 unspecified atom stereocenters. The van der Waals surface area contributed by atoms with E-state index in [2.05, 4.69) is 4.98 Å². The standard InChI is InChI=1S/C10H15N3O2/c1-6-2-10(12-3-7(6)11)13-4-8(14)9(15)5-13/h2-3,8-9,14-15H,4-5,11H2,1H3. The first-order valence-corrected chi connectivity index (χ1v) is 4.91. The van der Waals surface area contributed by atoms with E-state index in [9.17, 15) is 10.2 Å².